The molecule has 3 aromatic carbocycles. The monoisotopic (exact) mass is 456 g/mol. The molecule has 0 N–H and O–H groups in total. The zero-order valence-electron chi connectivity index (χ0n) is 20.0. The molecule has 0 unspecified atom stereocenters. The number of rotatable bonds is 6. The average Bonchev–Trinajstić information content (AvgIpc) is 2.90. The second kappa shape index (κ2) is 10.9. The Morgan fingerprint density at radius 1 is 0.576 bits per heavy atom. The highest BCUT2D eigenvalue weighted by Gasteiger charge is 2.33. The first-order valence-corrected chi connectivity index (χ1v) is 14.4. The largest absolute Gasteiger partial charge is 0.496 e. The summed E-state index contributed by atoms with van der Waals surface area (Å²) in [6, 6.07) is 26.9. The number of benzene rings is 3. The van der Waals surface area contributed by atoms with Crippen molar-refractivity contribution in [2.75, 3.05) is 7.11 Å². The Balaban J connectivity index is 1.50. The molecule has 3 aromatic rings. The lowest BCUT2D eigenvalue weighted by Crippen LogP contribution is -2.27. The van der Waals surface area contributed by atoms with E-state index in [0.717, 1.165) is 22.6 Å². The molecule has 172 valence electrons. The second-order valence-corrected chi connectivity index (χ2v) is 12.5. The van der Waals surface area contributed by atoms with Crippen molar-refractivity contribution in [2.24, 2.45) is 0 Å². The number of para-hydroxylation sites is 1. The third kappa shape index (κ3) is 5.04. The van der Waals surface area contributed by atoms with Gasteiger partial charge in [-0.25, -0.2) is 0 Å². The molecule has 2 aliphatic rings. The lowest BCUT2D eigenvalue weighted by Gasteiger charge is -2.39. The number of hydrogen-bond donors (Lipinski definition) is 0. The van der Waals surface area contributed by atoms with Crippen LogP contribution >= 0.6 is 7.92 Å². The summed E-state index contributed by atoms with van der Waals surface area (Å²) in [5.74, 6) is 0.934. The van der Waals surface area contributed by atoms with Crippen molar-refractivity contribution >= 4 is 13.2 Å². The molecule has 0 spiro atoms. The highest BCUT2D eigenvalue weighted by Crippen LogP contribution is 2.56. The van der Waals surface area contributed by atoms with Gasteiger partial charge in [-0.2, -0.15) is 0 Å². The maximum absolute atomic E-state index is 5.60. The zero-order valence-corrected chi connectivity index (χ0v) is 20.9. The van der Waals surface area contributed by atoms with Crippen molar-refractivity contribution in [3.05, 3.63) is 72.8 Å². The highest BCUT2D eigenvalue weighted by molar-refractivity contribution is 7.67. The van der Waals surface area contributed by atoms with Gasteiger partial charge in [0, 0.05) is 5.56 Å². The Morgan fingerprint density at radius 3 is 1.64 bits per heavy atom. The van der Waals surface area contributed by atoms with Crippen LogP contribution in [0.1, 0.15) is 64.2 Å². The molecule has 1 nitrogen and oxygen atoms in total. The summed E-state index contributed by atoms with van der Waals surface area (Å²) in [6.45, 7) is 0. The van der Waals surface area contributed by atoms with E-state index in [2.05, 4.69) is 60.7 Å². The van der Waals surface area contributed by atoms with E-state index in [9.17, 15) is 0 Å². The molecule has 2 fully saturated rings. The van der Waals surface area contributed by atoms with E-state index in [1.807, 2.05) is 12.1 Å². The van der Waals surface area contributed by atoms with Gasteiger partial charge in [-0.05, 0) is 65.1 Å². The van der Waals surface area contributed by atoms with Gasteiger partial charge in [-0.3, -0.25) is 0 Å². The van der Waals surface area contributed by atoms with Crippen LogP contribution in [0.25, 0.3) is 22.3 Å². The molecule has 0 radical (unpaired) electrons. The third-order valence-electron chi connectivity index (χ3n) is 7.73. The van der Waals surface area contributed by atoms with Crippen LogP contribution in [-0.4, -0.2) is 18.4 Å². The average molecular weight is 457 g/mol. The van der Waals surface area contributed by atoms with Crippen LogP contribution in [0, 0.1) is 0 Å². The minimum absolute atomic E-state index is 0.116. The first kappa shape index (κ1) is 22.7. The standard InChI is InChI=1S/C31H37OP/c1-32-30-18-10-8-16-28(30)24-20-22-25(23-21-24)29-17-9-11-19-31(29)33(26-12-4-2-5-13-26)27-14-6-3-7-15-27/h8-11,16-23,26-27H,2-7,12-15H2,1H3. The zero-order chi connectivity index (χ0) is 22.5. The van der Waals surface area contributed by atoms with E-state index in [0.29, 0.717) is 0 Å². The van der Waals surface area contributed by atoms with Gasteiger partial charge in [0.1, 0.15) is 5.75 Å². The molecular formula is C31H37OP. The van der Waals surface area contributed by atoms with Crippen molar-refractivity contribution in [3.63, 3.8) is 0 Å². The van der Waals surface area contributed by atoms with Crippen molar-refractivity contribution in [1.82, 2.24) is 0 Å². The van der Waals surface area contributed by atoms with Crippen LogP contribution < -0.4 is 10.0 Å². The molecule has 0 bridgehead atoms. The molecular weight excluding hydrogens is 419 g/mol. The van der Waals surface area contributed by atoms with Gasteiger partial charge in [0.2, 0.25) is 0 Å². The quantitative estimate of drug-likeness (QED) is 0.337. The predicted molar refractivity (Wildman–Crippen MR) is 144 cm³/mol. The molecule has 2 aliphatic carbocycles. The van der Waals surface area contributed by atoms with Crippen LogP contribution in [0.5, 0.6) is 5.75 Å². The van der Waals surface area contributed by atoms with E-state index in [1.54, 1.807) is 12.4 Å². The summed E-state index contributed by atoms with van der Waals surface area (Å²) in [4.78, 5) is 0. The number of hydrogen-bond acceptors (Lipinski definition) is 1. The molecule has 5 rings (SSSR count). The van der Waals surface area contributed by atoms with Gasteiger partial charge < -0.3 is 4.74 Å². The fraction of sp³-hybridized carbons (Fsp3) is 0.419. The maximum atomic E-state index is 5.60. The normalized spacial score (nSPS) is 17.9. The highest BCUT2D eigenvalue weighted by atomic mass is 31.1. The van der Waals surface area contributed by atoms with Gasteiger partial charge in [0.15, 0.2) is 0 Å². The van der Waals surface area contributed by atoms with E-state index in [4.69, 9.17) is 4.74 Å². The van der Waals surface area contributed by atoms with E-state index in [-0.39, 0.29) is 7.92 Å². The van der Waals surface area contributed by atoms with Gasteiger partial charge in [-0.1, -0.05) is 113 Å². The van der Waals surface area contributed by atoms with E-state index in [1.165, 1.54) is 80.9 Å². The van der Waals surface area contributed by atoms with Gasteiger partial charge >= 0.3 is 0 Å². The van der Waals surface area contributed by atoms with Gasteiger partial charge in [0.05, 0.1) is 7.11 Å². The molecule has 0 saturated heterocycles. The third-order valence-corrected chi connectivity index (χ3v) is 11.3. The topological polar surface area (TPSA) is 9.23 Å². The smallest absolute Gasteiger partial charge is 0.126 e. The van der Waals surface area contributed by atoms with Crippen molar-refractivity contribution in [2.45, 2.75) is 75.5 Å². The maximum Gasteiger partial charge on any atom is 0.126 e. The molecule has 0 aliphatic heterocycles. The van der Waals surface area contributed by atoms with Crippen LogP contribution in [0.2, 0.25) is 0 Å². The first-order chi connectivity index (χ1) is 16.3. The van der Waals surface area contributed by atoms with Crippen molar-refractivity contribution in [3.8, 4) is 28.0 Å². The molecule has 0 amide bonds. The number of ether oxygens (including phenoxy) is 1. The molecule has 2 heteroatoms. The summed E-state index contributed by atoms with van der Waals surface area (Å²) < 4.78 is 5.60. The van der Waals surface area contributed by atoms with E-state index < -0.39 is 0 Å². The molecule has 0 atom stereocenters. The van der Waals surface area contributed by atoms with Crippen LogP contribution in [0.3, 0.4) is 0 Å². The van der Waals surface area contributed by atoms with Gasteiger partial charge in [0.25, 0.3) is 0 Å². The fourth-order valence-electron chi connectivity index (χ4n) is 6.07. The van der Waals surface area contributed by atoms with Gasteiger partial charge in [-0.15, -0.1) is 0 Å². The Labute approximate surface area is 201 Å². The summed E-state index contributed by atoms with van der Waals surface area (Å²) in [6.07, 6.45) is 14.4. The lowest BCUT2D eigenvalue weighted by atomic mass is 9.99. The lowest BCUT2D eigenvalue weighted by molar-refractivity contribution is 0.416. The Bertz CT molecular complexity index is 1010. The summed E-state index contributed by atoms with van der Waals surface area (Å²) in [5.41, 5.74) is 7.06. The predicted octanol–water partition coefficient (Wildman–Crippen LogP) is 8.80. The SMILES string of the molecule is COc1ccccc1-c1ccc(-c2ccccc2P(C2CCCCC2)C2CCCCC2)cc1. The molecule has 0 aromatic heterocycles. The molecule has 2 saturated carbocycles. The summed E-state index contributed by atoms with van der Waals surface area (Å²) in [5, 5.41) is 1.68. The second-order valence-electron chi connectivity index (χ2n) is 9.79. The summed E-state index contributed by atoms with van der Waals surface area (Å²) >= 11 is 0. The minimum atomic E-state index is -0.116. The molecule has 33 heavy (non-hydrogen) atoms. The Hall–Kier alpha value is -2.11. The van der Waals surface area contributed by atoms with Crippen molar-refractivity contribution in [1.29, 1.82) is 0 Å². The van der Waals surface area contributed by atoms with Crippen LogP contribution in [-0.2, 0) is 0 Å². The van der Waals surface area contributed by atoms with Crippen LogP contribution in [0.15, 0.2) is 72.8 Å². The summed E-state index contributed by atoms with van der Waals surface area (Å²) in [7, 11) is 1.64. The molecule has 0 heterocycles. The first-order valence-electron chi connectivity index (χ1n) is 13.0. The fourth-order valence-corrected chi connectivity index (χ4v) is 10.0. The van der Waals surface area contributed by atoms with Crippen LogP contribution in [0.4, 0.5) is 0 Å². The van der Waals surface area contributed by atoms with E-state index >= 15 is 0 Å². The minimum Gasteiger partial charge on any atom is -0.496 e. The Kier molecular flexibility index (Phi) is 7.47. The Morgan fingerprint density at radius 2 is 1.06 bits per heavy atom. The number of methoxy groups -OCH3 is 1. The van der Waals surface area contributed by atoms with Crippen molar-refractivity contribution < 1.29 is 4.74 Å².